The molecule has 18 heavy (non-hydrogen) atoms. The number of nitrogens with zero attached hydrogens (tertiary/aromatic N) is 2. The van der Waals surface area contributed by atoms with Gasteiger partial charge in [-0.05, 0) is 24.3 Å². The summed E-state index contributed by atoms with van der Waals surface area (Å²) in [6.45, 7) is 0. The van der Waals surface area contributed by atoms with Gasteiger partial charge >= 0.3 is 0 Å². The zero-order chi connectivity index (χ0) is 13.3. The zero-order valence-electron chi connectivity index (χ0n) is 9.33. The van der Waals surface area contributed by atoms with E-state index in [1.807, 2.05) is 0 Å². The number of halogens is 1. The first-order valence-electron chi connectivity index (χ1n) is 4.89. The molecule has 1 aromatic carbocycles. The molecule has 0 aliphatic carbocycles. The molecule has 0 saturated carbocycles. The van der Waals surface area contributed by atoms with Gasteiger partial charge in [0.25, 0.3) is 10.0 Å². The van der Waals surface area contributed by atoms with Crippen LogP contribution in [0.3, 0.4) is 0 Å². The van der Waals surface area contributed by atoms with Crippen LogP contribution in [0.1, 0.15) is 0 Å². The number of nitrogens with one attached hydrogen (secondary N) is 1. The average Bonchev–Trinajstić information content (AvgIpc) is 2.62. The Kier molecular flexibility index (Phi) is 3.18. The van der Waals surface area contributed by atoms with E-state index >= 15 is 0 Å². The molecule has 6 nitrogen and oxygen atoms in total. The van der Waals surface area contributed by atoms with E-state index in [-0.39, 0.29) is 15.8 Å². The summed E-state index contributed by atoms with van der Waals surface area (Å²) in [5.74, 6) is 0.0523. The number of aromatic hydroxyl groups is 1. The Morgan fingerprint density at radius 3 is 2.44 bits per heavy atom. The lowest BCUT2D eigenvalue weighted by Crippen LogP contribution is -2.17. The Bertz CT molecular complexity index is 645. The smallest absolute Gasteiger partial charge is 0.280 e. The van der Waals surface area contributed by atoms with Gasteiger partial charge < -0.3 is 5.11 Å². The molecule has 8 heteroatoms. The summed E-state index contributed by atoms with van der Waals surface area (Å²) in [6, 6.07) is 5.64. The number of anilines is 1. The van der Waals surface area contributed by atoms with Crippen LogP contribution in [-0.2, 0) is 17.1 Å². The van der Waals surface area contributed by atoms with Crippen molar-refractivity contribution in [2.45, 2.75) is 5.03 Å². The van der Waals surface area contributed by atoms with Gasteiger partial charge in [0.15, 0.2) is 5.03 Å². The van der Waals surface area contributed by atoms with Crippen molar-refractivity contribution in [3.8, 4) is 5.75 Å². The topological polar surface area (TPSA) is 84.2 Å². The third-order valence-corrected chi connectivity index (χ3v) is 4.10. The van der Waals surface area contributed by atoms with E-state index < -0.39 is 10.0 Å². The summed E-state index contributed by atoms with van der Waals surface area (Å²) in [6.07, 6.45) is 1.26. The van der Waals surface area contributed by atoms with Gasteiger partial charge in [-0.1, -0.05) is 11.6 Å². The van der Waals surface area contributed by atoms with Crippen LogP contribution >= 0.6 is 11.6 Å². The lowest BCUT2D eigenvalue weighted by molar-refractivity contribution is 0.475. The van der Waals surface area contributed by atoms with Crippen LogP contribution in [0.25, 0.3) is 0 Å². The molecular weight excluding hydrogens is 278 g/mol. The van der Waals surface area contributed by atoms with Crippen LogP contribution in [0.15, 0.2) is 35.5 Å². The SMILES string of the molecule is Cn1ncc(Cl)c1S(=O)(=O)Nc1ccc(O)cc1. The highest BCUT2D eigenvalue weighted by Gasteiger charge is 2.22. The second kappa shape index (κ2) is 4.51. The maximum absolute atomic E-state index is 12.1. The van der Waals surface area contributed by atoms with E-state index in [9.17, 15) is 8.42 Å². The molecule has 2 rings (SSSR count). The molecule has 0 unspecified atom stereocenters. The molecule has 0 amide bonds. The van der Waals surface area contributed by atoms with E-state index in [4.69, 9.17) is 16.7 Å². The van der Waals surface area contributed by atoms with Crippen molar-refractivity contribution < 1.29 is 13.5 Å². The lowest BCUT2D eigenvalue weighted by Gasteiger charge is -2.08. The fraction of sp³-hybridized carbons (Fsp3) is 0.100. The highest BCUT2D eigenvalue weighted by atomic mass is 35.5. The molecule has 2 aromatic rings. The molecule has 0 saturated heterocycles. The van der Waals surface area contributed by atoms with Gasteiger partial charge in [-0.2, -0.15) is 13.5 Å². The highest BCUT2D eigenvalue weighted by molar-refractivity contribution is 7.92. The monoisotopic (exact) mass is 287 g/mol. The van der Waals surface area contributed by atoms with Crippen molar-refractivity contribution in [1.29, 1.82) is 0 Å². The summed E-state index contributed by atoms with van der Waals surface area (Å²) in [5.41, 5.74) is 0.324. The Hall–Kier alpha value is -1.73. The van der Waals surface area contributed by atoms with Crippen molar-refractivity contribution >= 4 is 27.3 Å². The number of aryl methyl sites for hydroxylation is 1. The molecule has 0 radical (unpaired) electrons. The molecule has 2 N–H and O–H groups in total. The maximum atomic E-state index is 12.1. The number of sulfonamides is 1. The number of hydrogen-bond donors (Lipinski definition) is 2. The Balaban J connectivity index is 2.36. The van der Waals surface area contributed by atoms with Gasteiger partial charge in [-0.25, -0.2) is 0 Å². The number of phenolic OH excluding ortho intramolecular Hbond substituents is 1. The zero-order valence-corrected chi connectivity index (χ0v) is 10.9. The summed E-state index contributed by atoms with van der Waals surface area (Å²) >= 11 is 5.78. The molecule has 96 valence electrons. The van der Waals surface area contributed by atoms with Crippen LogP contribution in [0.5, 0.6) is 5.75 Å². The largest absolute Gasteiger partial charge is 0.508 e. The molecule has 1 heterocycles. The number of phenols is 1. The van der Waals surface area contributed by atoms with E-state index in [2.05, 4.69) is 9.82 Å². The Labute approximate surface area is 109 Å². The average molecular weight is 288 g/mol. The van der Waals surface area contributed by atoms with Crippen molar-refractivity contribution in [1.82, 2.24) is 9.78 Å². The molecule has 0 fully saturated rings. The van der Waals surface area contributed by atoms with Crippen molar-refractivity contribution in [3.05, 3.63) is 35.5 Å². The molecule has 0 aliphatic heterocycles. The summed E-state index contributed by atoms with van der Waals surface area (Å²) in [5, 5.41) is 12.8. The molecule has 0 bridgehead atoms. The standard InChI is InChI=1S/C10H10ClN3O3S/c1-14-10(9(11)6-12-14)18(16,17)13-7-2-4-8(15)5-3-7/h2-6,13,15H,1H3. The first-order valence-corrected chi connectivity index (χ1v) is 6.75. The first kappa shape index (κ1) is 12.7. The van der Waals surface area contributed by atoms with Crippen LogP contribution in [0.2, 0.25) is 5.02 Å². The molecule has 0 aliphatic rings. The third-order valence-electron chi connectivity index (χ3n) is 2.22. The predicted molar refractivity (Wildman–Crippen MR) is 67.1 cm³/mol. The van der Waals surface area contributed by atoms with Crippen LogP contribution in [0, 0.1) is 0 Å². The van der Waals surface area contributed by atoms with Gasteiger partial charge in [-0.15, -0.1) is 0 Å². The second-order valence-electron chi connectivity index (χ2n) is 3.57. The minimum atomic E-state index is -3.81. The quantitative estimate of drug-likeness (QED) is 0.840. The number of rotatable bonds is 3. The van der Waals surface area contributed by atoms with Crippen LogP contribution in [0.4, 0.5) is 5.69 Å². The van der Waals surface area contributed by atoms with E-state index in [1.165, 1.54) is 42.2 Å². The van der Waals surface area contributed by atoms with E-state index in [0.717, 1.165) is 0 Å². The predicted octanol–water partition coefficient (Wildman–Crippen LogP) is 1.58. The fourth-order valence-corrected chi connectivity index (χ4v) is 3.15. The van der Waals surface area contributed by atoms with Gasteiger partial charge in [-0.3, -0.25) is 9.40 Å². The second-order valence-corrected chi connectivity index (χ2v) is 5.58. The lowest BCUT2D eigenvalue weighted by atomic mass is 10.3. The molecule has 1 aromatic heterocycles. The molecule has 0 atom stereocenters. The minimum Gasteiger partial charge on any atom is -0.508 e. The van der Waals surface area contributed by atoms with Crippen LogP contribution < -0.4 is 4.72 Å². The highest BCUT2D eigenvalue weighted by Crippen LogP contribution is 2.23. The fourth-order valence-electron chi connectivity index (χ4n) is 1.43. The maximum Gasteiger partial charge on any atom is 0.280 e. The van der Waals surface area contributed by atoms with Gasteiger partial charge in [0.05, 0.1) is 11.2 Å². The third kappa shape index (κ3) is 2.41. The van der Waals surface area contributed by atoms with Crippen molar-refractivity contribution in [2.24, 2.45) is 7.05 Å². The minimum absolute atomic E-state index is 0.0452. The summed E-state index contributed by atoms with van der Waals surface area (Å²) in [7, 11) is -2.32. The number of benzene rings is 1. The molecule has 0 spiro atoms. The van der Waals surface area contributed by atoms with Crippen LogP contribution in [-0.4, -0.2) is 23.3 Å². The normalized spacial score (nSPS) is 11.4. The summed E-state index contributed by atoms with van der Waals surface area (Å²) < 4.78 is 27.7. The molecular formula is C10H10ClN3O3S. The number of hydrogen-bond acceptors (Lipinski definition) is 4. The van der Waals surface area contributed by atoms with Gasteiger partial charge in [0.2, 0.25) is 0 Å². The van der Waals surface area contributed by atoms with E-state index in [1.54, 1.807) is 0 Å². The van der Waals surface area contributed by atoms with E-state index in [0.29, 0.717) is 5.69 Å². The summed E-state index contributed by atoms with van der Waals surface area (Å²) in [4.78, 5) is 0. The number of aromatic nitrogens is 2. The van der Waals surface area contributed by atoms with Crippen molar-refractivity contribution in [2.75, 3.05) is 4.72 Å². The van der Waals surface area contributed by atoms with Gasteiger partial charge in [0.1, 0.15) is 5.75 Å². The van der Waals surface area contributed by atoms with Gasteiger partial charge in [0, 0.05) is 12.7 Å². The Morgan fingerprint density at radius 1 is 1.33 bits per heavy atom. The van der Waals surface area contributed by atoms with Crippen molar-refractivity contribution in [3.63, 3.8) is 0 Å². The first-order chi connectivity index (χ1) is 8.40. The Morgan fingerprint density at radius 2 is 1.94 bits per heavy atom.